The van der Waals surface area contributed by atoms with E-state index in [9.17, 15) is 24.0 Å². The van der Waals surface area contributed by atoms with Crippen LogP contribution >= 0.6 is 0 Å². The van der Waals surface area contributed by atoms with Crippen LogP contribution in [-0.4, -0.2) is 53.3 Å². The summed E-state index contributed by atoms with van der Waals surface area (Å²) in [6, 6.07) is 6.02. The Kier molecular flexibility index (Phi) is 10.2. The summed E-state index contributed by atoms with van der Waals surface area (Å²) in [7, 11) is 0. The van der Waals surface area contributed by atoms with Crippen LogP contribution in [0.2, 0.25) is 0 Å². The summed E-state index contributed by atoms with van der Waals surface area (Å²) in [5.41, 5.74) is 0.0320. The zero-order valence-corrected chi connectivity index (χ0v) is 17.8. The van der Waals surface area contributed by atoms with E-state index in [1.54, 1.807) is 12.1 Å². The summed E-state index contributed by atoms with van der Waals surface area (Å²) in [5, 5.41) is 8.65. The maximum Gasteiger partial charge on any atom is 0.342 e. The molecule has 10 nitrogen and oxygen atoms in total. The molecule has 1 aromatic carbocycles. The smallest absolute Gasteiger partial charge is 0.342 e. The first kappa shape index (κ1) is 25.6. The summed E-state index contributed by atoms with van der Waals surface area (Å²) < 4.78 is 20.2. The predicted octanol–water partition coefficient (Wildman–Crippen LogP) is 2.28. The van der Waals surface area contributed by atoms with E-state index in [2.05, 4.69) is 0 Å². The number of para-hydroxylation sites is 1. The topological polar surface area (TPSA) is 143 Å². The molecule has 170 valence electrons. The summed E-state index contributed by atoms with van der Waals surface area (Å²) in [6.45, 7) is 5.61. The Morgan fingerprint density at radius 3 is 1.81 bits per heavy atom. The van der Waals surface area contributed by atoms with Gasteiger partial charge in [0.1, 0.15) is 29.6 Å². The molecule has 0 aliphatic heterocycles. The maximum atomic E-state index is 12.3. The highest BCUT2D eigenvalue weighted by Crippen LogP contribution is 2.20. The van der Waals surface area contributed by atoms with Crippen molar-refractivity contribution < 1.29 is 48.0 Å². The monoisotopic (exact) mass is 438 g/mol. The second kappa shape index (κ2) is 12.3. The van der Waals surface area contributed by atoms with Gasteiger partial charge < -0.3 is 24.1 Å². The molecular formula is C21H26O10. The lowest BCUT2D eigenvalue weighted by Crippen LogP contribution is -2.26. The lowest BCUT2D eigenvalue weighted by molar-refractivity contribution is -0.158. The average molecular weight is 438 g/mol. The molecule has 0 aromatic heterocycles. The van der Waals surface area contributed by atoms with Gasteiger partial charge in [0.05, 0.1) is 19.3 Å². The number of aliphatic carboxylic acids is 1. The zero-order chi connectivity index (χ0) is 23.6. The van der Waals surface area contributed by atoms with Crippen molar-refractivity contribution in [2.75, 3.05) is 0 Å². The highest BCUT2D eigenvalue weighted by Gasteiger charge is 2.22. The molecule has 0 saturated heterocycles. The van der Waals surface area contributed by atoms with Crippen LogP contribution in [0.1, 0.15) is 57.3 Å². The van der Waals surface area contributed by atoms with Gasteiger partial charge in [-0.2, -0.15) is 0 Å². The lowest BCUT2D eigenvalue weighted by Gasteiger charge is -2.17. The third-order valence-corrected chi connectivity index (χ3v) is 3.70. The van der Waals surface area contributed by atoms with Gasteiger partial charge in [-0.25, -0.2) is 4.79 Å². The van der Waals surface area contributed by atoms with Crippen molar-refractivity contribution in [2.24, 2.45) is 0 Å². The molecule has 0 radical (unpaired) electrons. The molecular weight excluding hydrogens is 412 g/mol. The van der Waals surface area contributed by atoms with Crippen molar-refractivity contribution >= 4 is 29.8 Å². The van der Waals surface area contributed by atoms with Gasteiger partial charge in [-0.1, -0.05) is 12.1 Å². The minimum atomic E-state index is -1.10. The van der Waals surface area contributed by atoms with Gasteiger partial charge in [0, 0.05) is 6.92 Å². The second-order valence-corrected chi connectivity index (χ2v) is 6.91. The second-order valence-electron chi connectivity index (χ2n) is 6.91. The fourth-order valence-corrected chi connectivity index (χ4v) is 2.51. The first-order valence-corrected chi connectivity index (χ1v) is 9.57. The van der Waals surface area contributed by atoms with E-state index in [-0.39, 0.29) is 30.6 Å². The molecule has 3 atom stereocenters. The zero-order valence-electron chi connectivity index (χ0n) is 17.8. The van der Waals surface area contributed by atoms with Crippen LogP contribution in [0.15, 0.2) is 24.3 Å². The van der Waals surface area contributed by atoms with Gasteiger partial charge >= 0.3 is 29.8 Å². The minimum Gasteiger partial charge on any atom is -0.481 e. The normalized spacial score (nSPS) is 13.3. The Labute approximate surface area is 179 Å². The van der Waals surface area contributed by atoms with E-state index in [0.29, 0.717) is 0 Å². The van der Waals surface area contributed by atoms with Crippen LogP contribution < -0.4 is 4.74 Å². The predicted molar refractivity (Wildman–Crippen MR) is 105 cm³/mol. The first-order valence-electron chi connectivity index (χ1n) is 9.57. The van der Waals surface area contributed by atoms with Gasteiger partial charge in [-0.15, -0.1) is 0 Å². The number of carboxylic acid groups (broad SMARTS) is 1. The minimum absolute atomic E-state index is 0.0320. The largest absolute Gasteiger partial charge is 0.481 e. The van der Waals surface area contributed by atoms with Crippen molar-refractivity contribution in [1.82, 2.24) is 0 Å². The van der Waals surface area contributed by atoms with Crippen LogP contribution in [-0.2, 0) is 33.4 Å². The molecule has 0 heterocycles. The third-order valence-electron chi connectivity index (χ3n) is 3.70. The van der Waals surface area contributed by atoms with E-state index in [0.717, 1.165) is 0 Å². The number of ether oxygens (including phenoxy) is 4. The average Bonchev–Trinajstić information content (AvgIpc) is 2.59. The van der Waals surface area contributed by atoms with E-state index in [1.165, 1.54) is 39.8 Å². The van der Waals surface area contributed by atoms with Crippen LogP contribution in [0.4, 0.5) is 0 Å². The number of esters is 4. The number of rotatable bonds is 11. The molecule has 10 heteroatoms. The third kappa shape index (κ3) is 10.2. The number of benzene rings is 1. The van der Waals surface area contributed by atoms with Gasteiger partial charge in [0.15, 0.2) is 0 Å². The van der Waals surface area contributed by atoms with E-state index < -0.39 is 48.2 Å². The molecule has 0 amide bonds. The summed E-state index contributed by atoms with van der Waals surface area (Å²) in [5.74, 6) is -3.83. The van der Waals surface area contributed by atoms with E-state index >= 15 is 0 Å². The molecule has 0 aliphatic carbocycles. The van der Waals surface area contributed by atoms with Gasteiger partial charge in [0.2, 0.25) is 0 Å². The van der Waals surface area contributed by atoms with Gasteiger partial charge in [-0.05, 0) is 32.9 Å². The lowest BCUT2D eigenvalue weighted by atomic mass is 10.2. The number of hydrogen-bond acceptors (Lipinski definition) is 9. The molecule has 1 N–H and O–H groups in total. The Hall–Kier alpha value is -3.43. The molecule has 31 heavy (non-hydrogen) atoms. The molecule has 0 spiro atoms. The quantitative estimate of drug-likeness (QED) is 0.310. The van der Waals surface area contributed by atoms with Crippen molar-refractivity contribution in [2.45, 2.75) is 65.3 Å². The van der Waals surface area contributed by atoms with Crippen molar-refractivity contribution in [3.8, 4) is 5.75 Å². The van der Waals surface area contributed by atoms with Crippen LogP contribution in [0.25, 0.3) is 0 Å². The van der Waals surface area contributed by atoms with E-state index in [1.807, 2.05) is 0 Å². The summed E-state index contributed by atoms with van der Waals surface area (Å²) in [6.07, 6.45) is -3.31. The molecule has 1 aromatic rings. The van der Waals surface area contributed by atoms with Crippen LogP contribution in [0, 0.1) is 0 Å². The fraction of sp³-hybridized carbons (Fsp3) is 0.476. The van der Waals surface area contributed by atoms with Crippen LogP contribution in [0.5, 0.6) is 5.75 Å². The highest BCUT2D eigenvalue weighted by molar-refractivity contribution is 5.93. The highest BCUT2D eigenvalue weighted by atomic mass is 16.6. The Morgan fingerprint density at radius 2 is 1.29 bits per heavy atom. The van der Waals surface area contributed by atoms with Gasteiger partial charge in [0.25, 0.3) is 0 Å². The summed E-state index contributed by atoms with van der Waals surface area (Å²) >= 11 is 0. The Bertz CT molecular complexity index is 816. The molecule has 1 rings (SSSR count). The van der Waals surface area contributed by atoms with Crippen LogP contribution in [0.3, 0.4) is 0 Å². The summed E-state index contributed by atoms with van der Waals surface area (Å²) in [4.78, 5) is 57.8. The Morgan fingerprint density at radius 1 is 0.806 bits per heavy atom. The number of carboxylic acids is 1. The van der Waals surface area contributed by atoms with Crippen molar-refractivity contribution in [3.05, 3.63) is 29.8 Å². The molecule has 0 unspecified atom stereocenters. The van der Waals surface area contributed by atoms with Crippen molar-refractivity contribution in [3.63, 3.8) is 0 Å². The number of carbonyl (C=O) groups is 5. The SMILES string of the molecule is CC(=O)Oc1ccccc1C(=O)O[C@@H](C)CC(=O)O[C@@H](C)CC(=O)O[C@@H](C)CC(=O)O. The molecule has 0 saturated carbocycles. The van der Waals surface area contributed by atoms with Crippen molar-refractivity contribution in [1.29, 1.82) is 0 Å². The van der Waals surface area contributed by atoms with E-state index in [4.69, 9.17) is 24.1 Å². The number of carbonyl (C=O) groups excluding carboxylic acids is 4. The standard InChI is InChI=1S/C21H26O10/c1-12(9-18(23)24)28-19(25)10-13(2)29-20(26)11-14(3)30-21(27)16-7-5-6-8-17(16)31-15(4)22/h5-8,12-14H,9-11H2,1-4H3,(H,23,24)/t12-,13-,14-/m0/s1. The first-order chi connectivity index (χ1) is 14.5. The maximum absolute atomic E-state index is 12.3. The van der Waals surface area contributed by atoms with Gasteiger partial charge in [-0.3, -0.25) is 19.2 Å². The fourth-order valence-electron chi connectivity index (χ4n) is 2.51. The Balaban J connectivity index is 2.50. The molecule has 0 bridgehead atoms. The molecule has 0 fully saturated rings. The number of hydrogen-bond donors (Lipinski definition) is 1. The molecule has 0 aliphatic rings.